The summed E-state index contributed by atoms with van der Waals surface area (Å²) in [6, 6.07) is 23.1. The van der Waals surface area contributed by atoms with Gasteiger partial charge in [-0.3, -0.25) is 0 Å². The molecule has 0 bridgehead atoms. The molecular weight excluding hydrogens is 310 g/mol. The van der Waals surface area contributed by atoms with E-state index in [-0.39, 0.29) is 11.5 Å². The van der Waals surface area contributed by atoms with Crippen LogP contribution in [0.5, 0.6) is 11.5 Å². The number of hydrogen-bond acceptors (Lipinski definition) is 2. The standard InChI is InChI=1S/C22H15NO2/c24-15-6-8-17-14(10-15)11-19-21(13-4-2-1-3-5-13)18-12-16(25)7-9-20(18)23-22(17)19/h1-12,23-25H. The second kappa shape index (κ2) is 5.02. The molecule has 0 saturated heterocycles. The van der Waals surface area contributed by atoms with Crippen LogP contribution in [-0.4, -0.2) is 15.2 Å². The fourth-order valence-corrected chi connectivity index (χ4v) is 3.65. The van der Waals surface area contributed by atoms with Gasteiger partial charge in [0.25, 0.3) is 0 Å². The number of fused-ring (bicyclic) bond motifs is 4. The number of phenols is 2. The number of aromatic amines is 1. The SMILES string of the molecule is Oc1ccc2c3[nH]c4ccc(O)cc4c(-c4ccccc4)c-3cc2c1. The van der Waals surface area contributed by atoms with Crippen LogP contribution in [0.2, 0.25) is 0 Å². The molecule has 1 aliphatic heterocycles. The van der Waals surface area contributed by atoms with E-state index in [2.05, 4.69) is 23.2 Å². The van der Waals surface area contributed by atoms with Crippen LogP contribution >= 0.6 is 0 Å². The van der Waals surface area contributed by atoms with Crippen LogP contribution in [0.25, 0.3) is 44.1 Å². The highest BCUT2D eigenvalue weighted by Gasteiger charge is 2.19. The summed E-state index contributed by atoms with van der Waals surface area (Å²) in [6.07, 6.45) is 0. The second-order valence-corrected chi connectivity index (χ2v) is 6.30. The van der Waals surface area contributed by atoms with Crippen LogP contribution in [0.4, 0.5) is 0 Å². The molecule has 120 valence electrons. The van der Waals surface area contributed by atoms with Gasteiger partial charge in [-0.15, -0.1) is 0 Å². The molecule has 3 aromatic carbocycles. The van der Waals surface area contributed by atoms with Gasteiger partial charge in [-0.05, 0) is 53.4 Å². The van der Waals surface area contributed by atoms with Crippen LogP contribution in [0, 0.1) is 0 Å². The molecule has 0 amide bonds. The van der Waals surface area contributed by atoms with E-state index in [1.807, 2.05) is 30.3 Å². The van der Waals surface area contributed by atoms with Crippen LogP contribution in [0.1, 0.15) is 0 Å². The van der Waals surface area contributed by atoms with Gasteiger partial charge in [0.1, 0.15) is 11.5 Å². The van der Waals surface area contributed by atoms with E-state index < -0.39 is 0 Å². The van der Waals surface area contributed by atoms with Crippen molar-refractivity contribution in [2.75, 3.05) is 0 Å². The molecule has 0 unspecified atom stereocenters. The highest BCUT2D eigenvalue weighted by molar-refractivity contribution is 6.12. The summed E-state index contributed by atoms with van der Waals surface area (Å²) in [4.78, 5) is 3.50. The number of hydrogen-bond donors (Lipinski definition) is 3. The van der Waals surface area contributed by atoms with Gasteiger partial charge in [-0.25, -0.2) is 0 Å². The Kier molecular flexibility index (Phi) is 2.80. The Morgan fingerprint density at radius 1 is 0.680 bits per heavy atom. The molecule has 3 nitrogen and oxygen atoms in total. The van der Waals surface area contributed by atoms with E-state index in [9.17, 15) is 10.2 Å². The van der Waals surface area contributed by atoms with Crippen molar-refractivity contribution in [3.05, 3.63) is 72.8 Å². The molecule has 3 aromatic rings. The summed E-state index contributed by atoms with van der Waals surface area (Å²) < 4.78 is 0. The minimum Gasteiger partial charge on any atom is -0.508 e. The maximum Gasteiger partial charge on any atom is 0.116 e. The number of benzene rings is 3. The van der Waals surface area contributed by atoms with Crippen LogP contribution < -0.4 is 0 Å². The molecule has 2 aliphatic rings. The fourth-order valence-electron chi connectivity index (χ4n) is 3.65. The van der Waals surface area contributed by atoms with Gasteiger partial charge in [0.05, 0.1) is 5.69 Å². The average Bonchev–Trinajstić information content (AvgIpc) is 2.97. The monoisotopic (exact) mass is 325 g/mol. The number of nitrogens with one attached hydrogen (secondary N) is 1. The van der Waals surface area contributed by atoms with E-state index in [1.54, 1.807) is 24.3 Å². The lowest BCUT2D eigenvalue weighted by atomic mass is 9.94. The van der Waals surface area contributed by atoms with Crippen molar-refractivity contribution in [2.45, 2.75) is 0 Å². The third kappa shape index (κ3) is 2.06. The van der Waals surface area contributed by atoms with Crippen molar-refractivity contribution < 1.29 is 10.2 Å². The zero-order chi connectivity index (χ0) is 17.0. The lowest BCUT2D eigenvalue weighted by molar-refractivity contribution is 0.475. The van der Waals surface area contributed by atoms with Gasteiger partial charge in [-0.1, -0.05) is 30.3 Å². The molecule has 25 heavy (non-hydrogen) atoms. The first-order valence-electron chi connectivity index (χ1n) is 8.16. The number of rotatable bonds is 1. The van der Waals surface area contributed by atoms with Crippen LogP contribution in [0.15, 0.2) is 72.8 Å². The number of phenolic OH excluding ortho intramolecular Hbond substituents is 2. The van der Waals surface area contributed by atoms with Crippen molar-refractivity contribution >= 4 is 21.7 Å². The number of aromatic nitrogens is 1. The van der Waals surface area contributed by atoms with Crippen molar-refractivity contribution in [2.24, 2.45) is 0 Å². The van der Waals surface area contributed by atoms with Crippen molar-refractivity contribution in [3.8, 4) is 33.9 Å². The van der Waals surface area contributed by atoms with Crippen molar-refractivity contribution in [1.29, 1.82) is 0 Å². The van der Waals surface area contributed by atoms with Crippen LogP contribution in [0.3, 0.4) is 0 Å². The Labute approximate surface area is 144 Å². The quantitative estimate of drug-likeness (QED) is 0.381. The third-order valence-corrected chi connectivity index (χ3v) is 4.74. The summed E-state index contributed by atoms with van der Waals surface area (Å²) in [5.74, 6) is 0.498. The highest BCUT2D eigenvalue weighted by atomic mass is 16.3. The minimum atomic E-state index is 0.242. The van der Waals surface area contributed by atoms with E-state index in [1.165, 1.54) is 0 Å². The molecule has 3 N–H and O–H groups in total. The van der Waals surface area contributed by atoms with Crippen LogP contribution in [-0.2, 0) is 0 Å². The first-order chi connectivity index (χ1) is 12.2. The van der Waals surface area contributed by atoms with E-state index in [0.717, 1.165) is 44.1 Å². The largest absolute Gasteiger partial charge is 0.508 e. The Bertz CT molecular complexity index is 1210. The van der Waals surface area contributed by atoms with Gasteiger partial charge in [0, 0.05) is 27.4 Å². The molecular formula is C22H15NO2. The number of aromatic hydroxyl groups is 2. The van der Waals surface area contributed by atoms with Gasteiger partial charge >= 0.3 is 0 Å². The Hall–Kier alpha value is -3.46. The Morgan fingerprint density at radius 2 is 1.44 bits per heavy atom. The minimum absolute atomic E-state index is 0.242. The van der Waals surface area contributed by atoms with Crippen molar-refractivity contribution in [1.82, 2.24) is 4.98 Å². The molecule has 0 radical (unpaired) electrons. The third-order valence-electron chi connectivity index (χ3n) is 4.74. The molecule has 5 rings (SSSR count). The normalized spacial score (nSPS) is 11.5. The molecule has 0 saturated carbocycles. The van der Waals surface area contributed by atoms with Gasteiger partial charge in [0.2, 0.25) is 0 Å². The first-order valence-corrected chi connectivity index (χ1v) is 8.16. The molecule has 0 atom stereocenters. The van der Waals surface area contributed by atoms with E-state index in [4.69, 9.17) is 0 Å². The van der Waals surface area contributed by atoms with Gasteiger partial charge < -0.3 is 15.2 Å². The maximum absolute atomic E-state index is 10.0. The Balaban J connectivity index is 2.01. The summed E-state index contributed by atoms with van der Waals surface area (Å²) in [6.45, 7) is 0. The Morgan fingerprint density at radius 3 is 2.28 bits per heavy atom. The van der Waals surface area contributed by atoms with Gasteiger partial charge in [-0.2, -0.15) is 0 Å². The smallest absolute Gasteiger partial charge is 0.116 e. The molecule has 1 heterocycles. The number of pyridine rings is 1. The maximum atomic E-state index is 10.0. The molecule has 0 aromatic heterocycles. The zero-order valence-corrected chi connectivity index (χ0v) is 13.3. The fraction of sp³-hybridized carbons (Fsp3) is 0. The molecule has 3 heteroatoms. The topological polar surface area (TPSA) is 56.2 Å². The zero-order valence-electron chi connectivity index (χ0n) is 13.3. The predicted molar refractivity (Wildman–Crippen MR) is 101 cm³/mol. The second-order valence-electron chi connectivity index (χ2n) is 6.30. The number of H-pyrrole nitrogens is 1. The first kappa shape index (κ1) is 13.9. The average molecular weight is 325 g/mol. The lowest BCUT2D eigenvalue weighted by Gasteiger charge is -2.14. The van der Waals surface area contributed by atoms with Crippen molar-refractivity contribution in [3.63, 3.8) is 0 Å². The molecule has 1 aliphatic carbocycles. The lowest BCUT2D eigenvalue weighted by Crippen LogP contribution is -1.91. The molecule has 0 fully saturated rings. The van der Waals surface area contributed by atoms with Gasteiger partial charge in [0.15, 0.2) is 0 Å². The highest BCUT2D eigenvalue weighted by Crippen LogP contribution is 2.44. The summed E-state index contributed by atoms with van der Waals surface area (Å²) in [7, 11) is 0. The summed E-state index contributed by atoms with van der Waals surface area (Å²) in [5.41, 5.74) is 5.24. The summed E-state index contributed by atoms with van der Waals surface area (Å²) in [5, 5.41) is 22.9. The molecule has 0 spiro atoms. The predicted octanol–water partition coefficient (Wildman–Crippen LogP) is 5.50. The summed E-state index contributed by atoms with van der Waals surface area (Å²) >= 11 is 0. The van der Waals surface area contributed by atoms with E-state index >= 15 is 0 Å². The van der Waals surface area contributed by atoms with E-state index in [0.29, 0.717) is 0 Å².